The number of benzene rings is 1. The summed E-state index contributed by atoms with van der Waals surface area (Å²) in [6.45, 7) is 7.07. The Labute approximate surface area is 457 Å². The summed E-state index contributed by atoms with van der Waals surface area (Å²) >= 11 is 0. The third kappa shape index (κ3) is 24.6. The number of hydrogen-bond donors (Lipinski definition) is 10. The minimum Gasteiger partial charge on any atom is -0.481 e. The van der Waals surface area contributed by atoms with Gasteiger partial charge in [0.05, 0.1) is 54.9 Å². The molecule has 2 aliphatic heterocycles. The lowest BCUT2D eigenvalue weighted by molar-refractivity contribution is -0.277. The zero-order chi connectivity index (χ0) is 57.9. The first-order chi connectivity index (χ1) is 37.0. The molecule has 19 nitrogen and oxygen atoms in total. The second-order valence-electron chi connectivity index (χ2n) is 20.7. The van der Waals surface area contributed by atoms with Gasteiger partial charge in [-0.3, -0.25) is 28.8 Å². The maximum Gasteiger partial charge on any atom is 0.313 e. The van der Waals surface area contributed by atoms with Crippen LogP contribution in [0.5, 0.6) is 0 Å². The van der Waals surface area contributed by atoms with Crippen LogP contribution in [0.1, 0.15) is 122 Å². The second kappa shape index (κ2) is 35.1. The number of esters is 1. The van der Waals surface area contributed by atoms with Gasteiger partial charge in [0.15, 0.2) is 12.1 Å². The fourth-order valence-electron chi connectivity index (χ4n) is 9.27. The summed E-state index contributed by atoms with van der Waals surface area (Å²) in [4.78, 5) is 77.2. The highest BCUT2D eigenvalue weighted by Gasteiger charge is 2.43. The van der Waals surface area contributed by atoms with E-state index in [-0.39, 0.29) is 80.7 Å². The first kappa shape index (κ1) is 66.7. The molecular formula is C59H84N2O17. The molecule has 2 heterocycles. The van der Waals surface area contributed by atoms with Gasteiger partial charge in [-0.1, -0.05) is 106 Å². The molecule has 0 radical (unpaired) electrons. The van der Waals surface area contributed by atoms with Crippen molar-refractivity contribution in [1.29, 1.82) is 0 Å². The van der Waals surface area contributed by atoms with Crippen molar-refractivity contribution in [3.05, 3.63) is 115 Å². The lowest BCUT2D eigenvalue weighted by Crippen LogP contribution is -2.61. The van der Waals surface area contributed by atoms with Gasteiger partial charge in [-0.25, -0.2) is 0 Å². The quantitative estimate of drug-likeness (QED) is 0.0660. The van der Waals surface area contributed by atoms with E-state index in [9.17, 15) is 69.6 Å². The first-order valence-corrected chi connectivity index (χ1v) is 26.8. The summed E-state index contributed by atoms with van der Waals surface area (Å²) in [6, 6.07) is 5.29. The molecule has 0 saturated carbocycles. The Bertz CT molecular complexity index is 2270. The molecule has 1 aromatic rings. The van der Waals surface area contributed by atoms with E-state index >= 15 is 0 Å². The molecule has 1 aromatic carbocycles. The van der Waals surface area contributed by atoms with E-state index in [0.717, 1.165) is 0 Å². The molecule has 2 aliphatic rings. The Hall–Kier alpha value is -5.58. The minimum atomic E-state index is -1.88. The van der Waals surface area contributed by atoms with Crippen molar-refractivity contribution in [2.45, 2.75) is 185 Å². The van der Waals surface area contributed by atoms with Crippen molar-refractivity contribution < 1.29 is 83.8 Å². The van der Waals surface area contributed by atoms with E-state index in [2.05, 4.69) is 0 Å². The predicted octanol–water partition coefficient (Wildman–Crippen LogP) is 4.64. The normalized spacial score (nSPS) is 31.2. The number of nitrogens with two attached hydrogens (primary N) is 2. The number of anilines is 1. The fourth-order valence-corrected chi connectivity index (χ4v) is 9.27. The number of ketones is 4. The Morgan fingerprint density at radius 2 is 1.24 bits per heavy atom. The van der Waals surface area contributed by atoms with Gasteiger partial charge >= 0.3 is 11.9 Å². The van der Waals surface area contributed by atoms with Gasteiger partial charge in [0.2, 0.25) is 0 Å². The second-order valence-corrected chi connectivity index (χ2v) is 20.7. The van der Waals surface area contributed by atoms with Crippen molar-refractivity contribution in [2.75, 3.05) is 5.73 Å². The van der Waals surface area contributed by atoms with Gasteiger partial charge in [0.1, 0.15) is 41.9 Å². The number of cyclic esters (lactones) is 1. The number of carboxylic acids is 1. The van der Waals surface area contributed by atoms with E-state index in [1.54, 1.807) is 91.1 Å². The van der Waals surface area contributed by atoms with E-state index in [0.29, 0.717) is 17.7 Å². The third-order valence-electron chi connectivity index (χ3n) is 13.8. The summed E-state index contributed by atoms with van der Waals surface area (Å²) in [7, 11) is 0. The van der Waals surface area contributed by atoms with Crippen LogP contribution >= 0.6 is 0 Å². The number of carbonyl (C=O) groups excluding carboxylic acids is 5. The molecule has 1 saturated heterocycles. The average molecular weight is 1090 g/mol. The molecule has 0 aromatic heterocycles. The lowest BCUT2D eigenvalue weighted by atomic mass is 9.83. The highest BCUT2D eigenvalue weighted by molar-refractivity contribution is 5.97. The summed E-state index contributed by atoms with van der Waals surface area (Å²) in [5, 5.41) is 85.4. The molecule has 432 valence electrons. The van der Waals surface area contributed by atoms with Crippen molar-refractivity contribution in [3.8, 4) is 0 Å². The van der Waals surface area contributed by atoms with Crippen LogP contribution in [0.15, 0.2) is 109 Å². The van der Waals surface area contributed by atoms with Crippen molar-refractivity contribution >= 4 is 40.8 Å². The van der Waals surface area contributed by atoms with Gasteiger partial charge in [-0.2, -0.15) is 0 Å². The average Bonchev–Trinajstić information content (AvgIpc) is 3.39. The fraction of sp³-hybridized carbons (Fsp3) is 0.559. The van der Waals surface area contributed by atoms with Gasteiger partial charge in [0, 0.05) is 62.1 Å². The number of carbonyl (C=O) groups is 6. The highest BCUT2D eigenvalue weighted by atomic mass is 16.7. The molecule has 0 bridgehead atoms. The number of carboxylic acid groups (broad SMARTS) is 1. The molecule has 0 spiro atoms. The van der Waals surface area contributed by atoms with Crippen LogP contribution in [0.2, 0.25) is 0 Å². The number of aliphatic hydroxyl groups is 7. The van der Waals surface area contributed by atoms with Crippen molar-refractivity contribution in [3.63, 3.8) is 0 Å². The number of rotatable bonds is 10. The molecule has 0 amide bonds. The summed E-state index contributed by atoms with van der Waals surface area (Å²) < 4.78 is 17.5. The number of nitrogen functional groups attached to an aromatic ring is 1. The molecule has 0 aliphatic carbocycles. The zero-order valence-corrected chi connectivity index (χ0v) is 45.2. The monoisotopic (exact) mass is 1090 g/mol. The molecular weight excluding hydrogens is 1010 g/mol. The number of ether oxygens (including phenoxy) is 3. The van der Waals surface area contributed by atoms with E-state index in [4.69, 9.17) is 25.7 Å². The summed E-state index contributed by atoms with van der Waals surface area (Å²) in [6.07, 6.45) is 8.45. The SMILES string of the molecule is CC1C=CC=CC=CC=CC=CC=CC=CC(OC2OC(C)C(O)C(N)C2O)CC(O)C(C(=O)O)C(O)CC(=O)CC(O)CCCC(O)CC(=O)CCCC(=O)CC(=O)OC1C(C)CC(C)C(O)CC(=O)c1ccc(N)cc1. The molecule has 16 unspecified atom stereocenters. The van der Waals surface area contributed by atoms with Crippen LogP contribution in [-0.2, 0) is 38.2 Å². The van der Waals surface area contributed by atoms with E-state index < -0.39 is 128 Å². The number of aliphatic carboxylic acids is 1. The number of hydrogen-bond acceptors (Lipinski definition) is 18. The van der Waals surface area contributed by atoms with E-state index in [1.165, 1.54) is 19.1 Å². The van der Waals surface area contributed by atoms with Crippen LogP contribution in [0.25, 0.3) is 0 Å². The maximum absolute atomic E-state index is 13.3. The van der Waals surface area contributed by atoms with Crippen LogP contribution in [0, 0.1) is 23.7 Å². The molecule has 1 fully saturated rings. The topological polar surface area (TPSA) is 344 Å². The van der Waals surface area contributed by atoms with Crippen LogP contribution in [0.3, 0.4) is 0 Å². The molecule has 78 heavy (non-hydrogen) atoms. The van der Waals surface area contributed by atoms with Crippen molar-refractivity contribution in [1.82, 2.24) is 0 Å². The maximum atomic E-state index is 13.3. The molecule has 16 atom stereocenters. The van der Waals surface area contributed by atoms with Crippen LogP contribution in [-0.4, -0.2) is 149 Å². The first-order valence-electron chi connectivity index (χ1n) is 26.8. The number of Topliss-reactive ketones (excluding diaryl/α,β-unsaturated/α-hetero) is 4. The summed E-state index contributed by atoms with van der Waals surface area (Å²) in [5.74, 6) is -6.97. The zero-order valence-electron chi connectivity index (χ0n) is 45.2. The third-order valence-corrected chi connectivity index (χ3v) is 13.8. The minimum absolute atomic E-state index is 0.0275. The van der Waals surface area contributed by atoms with Gasteiger partial charge in [-0.05, 0) is 75.1 Å². The number of allylic oxidation sites excluding steroid dienone is 12. The standard InChI is InChI=1S/C59H84N2O17/c1-36-19-15-13-11-9-7-5-6-8-10-12-14-16-24-47(77-59-56(73)54(61)55(72)39(4)76-59)34-51(70)53(58(74)75)50(69)32-46(66)31-44(64)22-17-20-42(62)30-43(63)21-18-23-45(65)33-52(71)78-57(36)38(3)29-37(2)48(67)35-49(68)40-25-27-41(60)28-26-40/h5-16,19,24-28,36-39,42,44,47-48,50-51,53-57,59,62,64,67,69-70,72-73H,17-18,20-23,29-35,60-61H2,1-4H3,(H,74,75). The highest BCUT2D eigenvalue weighted by Crippen LogP contribution is 2.29. The molecule has 12 N–H and O–H groups in total. The van der Waals surface area contributed by atoms with Crippen LogP contribution in [0.4, 0.5) is 5.69 Å². The van der Waals surface area contributed by atoms with Gasteiger partial charge in [-0.15, -0.1) is 0 Å². The summed E-state index contributed by atoms with van der Waals surface area (Å²) in [5.41, 5.74) is 12.7. The van der Waals surface area contributed by atoms with Crippen LogP contribution < -0.4 is 11.5 Å². The Morgan fingerprint density at radius 1 is 0.705 bits per heavy atom. The van der Waals surface area contributed by atoms with E-state index in [1.807, 2.05) is 26.8 Å². The van der Waals surface area contributed by atoms with Crippen molar-refractivity contribution in [2.24, 2.45) is 29.4 Å². The lowest BCUT2D eigenvalue weighted by Gasteiger charge is -2.41. The van der Waals surface area contributed by atoms with Gasteiger partial charge in [0.25, 0.3) is 0 Å². The Morgan fingerprint density at radius 3 is 1.82 bits per heavy atom. The molecule has 19 heteroatoms. The Balaban J connectivity index is 1.81. The Kier molecular flexibility index (Phi) is 30.0. The number of aliphatic hydroxyl groups excluding tert-OH is 7. The largest absolute Gasteiger partial charge is 0.481 e. The predicted molar refractivity (Wildman–Crippen MR) is 292 cm³/mol. The molecule has 3 rings (SSSR count). The smallest absolute Gasteiger partial charge is 0.313 e. The van der Waals surface area contributed by atoms with Gasteiger partial charge < -0.3 is 66.5 Å².